The highest BCUT2D eigenvalue weighted by molar-refractivity contribution is 5.64. The Morgan fingerprint density at radius 2 is 1.74 bits per heavy atom. The highest BCUT2D eigenvalue weighted by Gasteiger charge is 2.09. The fourth-order valence-electron chi connectivity index (χ4n) is 1.91. The standard InChI is InChI=1S/C15H20N4/c1-3-10-16-14-13(4-2)15(18-11-17-14)19-12-8-6-5-7-9-12/h5-9,11H,3-4,10H2,1-2H3,(H2,16,17,18,19). The summed E-state index contributed by atoms with van der Waals surface area (Å²) in [7, 11) is 0. The van der Waals surface area contributed by atoms with Gasteiger partial charge in [-0.05, 0) is 25.0 Å². The van der Waals surface area contributed by atoms with Crippen molar-refractivity contribution in [2.45, 2.75) is 26.7 Å². The van der Waals surface area contributed by atoms with Gasteiger partial charge in [0.2, 0.25) is 0 Å². The largest absolute Gasteiger partial charge is 0.370 e. The van der Waals surface area contributed by atoms with Crippen LogP contribution < -0.4 is 10.6 Å². The first-order chi connectivity index (χ1) is 9.35. The molecule has 0 aliphatic rings. The second-order valence-corrected chi connectivity index (χ2v) is 4.32. The molecule has 0 aliphatic carbocycles. The average molecular weight is 256 g/mol. The molecule has 0 saturated carbocycles. The summed E-state index contributed by atoms with van der Waals surface area (Å²) >= 11 is 0. The lowest BCUT2D eigenvalue weighted by molar-refractivity contribution is 0.949. The fraction of sp³-hybridized carbons (Fsp3) is 0.333. The number of hydrogen-bond acceptors (Lipinski definition) is 4. The molecule has 2 N–H and O–H groups in total. The molecule has 1 heterocycles. The molecular weight excluding hydrogens is 236 g/mol. The van der Waals surface area contributed by atoms with E-state index in [2.05, 4.69) is 34.4 Å². The van der Waals surface area contributed by atoms with Crippen LogP contribution >= 0.6 is 0 Å². The molecule has 0 unspecified atom stereocenters. The van der Waals surface area contributed by atoms with Crippen molar-refractivity contribution in [1.82, 2.24) is 9.97 Å². The molecule has 0 amide bonds. The predicted molar refractivity (Wildman–Crippen MR) is 79.9 cm³/mol. The van der Waals surface area contributed by atoms with Gasteiger partial charge in [0.1, 0.15) is 18.0 Å². The molecule has 2 rings (SSSR count). The van der Waals surface area contributed by atoms with Gasteiger partial charge >= 0.3 is 0 Å². The van der Waals surface area contributed by atoms with E-state index < -0.39 is 0 Å². The Kier molecular flexibility index (Phi) is 4.72. The number of anilines is 3. The highest BCUT2D eigenvalue weighted by Crippen LogP contribution is 2.23. The smallest absolute Gasteiger partial charge is 0.139 e. The third-order valence-corrected chi connectivity index (χ3v) is 2.88. The topological polar surface area (TPSA) is 49.8 Å². The number of para-hydroxylation sites is 1. The molecular formula is C15H20N4. The minimum atomic E-state index is 0.877. The molecule has 4 heteroatoms. The highest BCUT2D eigenvalue weighted by atomic mass is 15.1. The minimum absolute atomic E-state index is 0.877. The quantitative estimate of drug-likeness (QED) is 0.829. The zero-order valence-electron chi connectivity index (χ0n) is 11.5. The molecule has 0 bridgehead atoms. The number of rotatable bonds is 6. The lowest BCUT2D eigenvalue weighted by Gasteiger charge is -2.14. The first kappa shape index (κ1) is 13.3. The summed E-state index contributed by atoms with van der Waals surface area (Å²) in [6.45, 7) is 5.18. The summed E-state index contributed by atoms with van der Waals surface area (Å²) in [6.07, 6.45) is 3.57. The van der Waals surface area contributed by atoms with Crippen molar-refractivity contribution in [3.63, 3.8) is 0 Å². The summed E-state index contributed by atoms with van der Waals surface area (Å²) in [5.41, 5.74) is 2.16. The van der Waals surface area contributed by atoms with Crippen molar-refractivity contribution in [2.75, 3.05) is 17.2 Å². The molecule has 0 atom stereocenters. The van der Waals surface area contributed by atoms with E-state index in [0.717, 1.165) is 42.3 Å². The summed E-state index contributed by atoms with van der Waals surface area (Å²) < 4.78 is 0. The van der Waals surface area contributed by atoms with Crippen LogP contribution in [0.5, 0.6) is 0 Å². The van der Waals surface area contributed by atoms with Gasteiger partial charge in [-0.2, -0.15) is 0 Å². The van der Waals surface area contributed by atoms with E-state index in [1.54, 1.807) is 6.33 Å². The molecule has 1 aromatic carbocycles. The van der Waals surface area contributed by atoms with Gasteiger partial charge in [-0.1, -0.05) is 32.0 Å². The maximum absolute atomic E-state index is 4.35. The van der Waals surface area contributed by atoms with Gasteiger partial charge in [0, 0.05) is 17.8 Å². The third-order valence-electron chi connectivity index (χ3n) is 2.88. The van der Waals surface area contributed by atoms with E-state index in [0.29, 0.717) is 0 Å². The normalized spacial score (nSPS) is 10.2. The van der Waals surface area contributed by atoms with E-state index in [1.807, 2.05) is 30.3 Å². The van der Waals surface area contributed by atoms with Gasteiger partial charge in [0.25, 0.3) is 0 Å². The molecule has 0 saturated heterocycles. The van der Waals surface area contributed by atoms with Crippen molar-refractivity contribution < 1.29 is 0 Å². The van der Waals surface area contributed by atoms with E-state index in [9.17, 15) is 0 Å². The van der Waals surface area contributed by atoms with Gasteiger partial charge in [-0.15, -0.1) is 0 Å². The van der Waals surface area contributed by atoms with Crippen LogP contribution in [0.15, 0.2) is 36.7 Å². The molecule has 19 heavy (non-hydrogen) atoms. The second-order valence-electron chi connectivity index (χ2n) is 4.32. The van der Waals surface area contributed by atoms with Crippen LogP contribution in [0.2, 0.25) is 0 Å². The summed E-state index contributed by atoms with van der Waals surface area (Å²) in [5.74, 6) is 1.81. The molecule has 0 radical (unpaired) electrons. The van der Waals surface area contributed by atoms with Gasteiger partial charge < -0.3 is 10.6 Å². The van der Waals surface area contributed by atoms with Crippen molar-refractivity contribution in [1.29, 1.82) is 0 Å². The Morgan fingerprint density at radius 1 is 1.00 bits per heavy atom. The van der Waals surface area contributed by atoms with E-state index in [4.69, 9.17) is 0 Å². The van der Waals surface area contributed by atoms with Crippen LogP contribution in [-0.2, 0) is 6.42 Å². The summed E-state index contributed by atoms with van der Waals surface area (Å²) in [5, 5.41) is 6.70. The summed E-state index contributed by atoms with van der Waals surface area (Å²) in [6, 6.07) is 10.1. The number of nitrogens with zero attached hydrogens (tertiary/aromatic N) is 2. The first-order valence-corrected chi connectivity index (χ1v) is 6.75. The Labute approximate surface area is 114 Å². The monoisotopic (exact) mass is 256 g/mol. The van der Waals surface area contributed by atoms with Crippen molar-refractivity contribution in [3.05, 3.63) is 42.2 Å². The van der Waals surface area contributed by atoms with Crippen molar-refractivity contribution >= 4 is 17.3 Å². The van der Waals surface area contributed by atoms with E-state index >= 15 is 0 Å². The Balaban J connectivity index is 2.24. The molecule has 100 valence electrons. The van der Waals surface area contributed by atoms with E-state index in [-0.39, 0.29) is 0 Å². The Hall–Kier alpha value is -2.10. The molecule has 4 nitrogen and oxygen atoms in total. The van der Waals surface area contributed by atoms with Crippen LogP contribution in [0.4, 0.5) is 17.3 Å². The van der Waals surface area contributed by atoms with Gasteiger partial charge in [0.05, 0.1) is 0 Å². The molecule has 0 spiro atoms. The zero-order chi connectivity index (χ0) is 13.5. The number of nitrogens with one attached hydrogen (secondary N) is 2. The average Bonchev–Trinajstić information content (AvgIpc) is 2.46. The van der Waals surface area contributed by atoms with Gasteiger partial charge in [-0.3, -0.25) is 0 Å². The maximum Gasteiger partial charge on any atom is 0.139 e. The van der Waals surface area contributed by atoms with Gasteiger partial charge in [-0.25, -0.2) is 9.97 Å². The minimum Gasteiger partial charge on any atom is -0.370 e. The third kappa shape index (κ3) is 3.44. The zero-order valence-corrected chi connectivity index (χ0v) is 11.5. The number of aromatic nitrogens is 2. The number of hydrogen-bond donors (Lipinski definition) is 2. The first-order valence-electron chi connectivity index (χ1n) is 6.75. The van der Waals surface area contributed by atoms with Crippen LogP contribution in [0.1, 0.15) is 25.8 Å². The second kappa shape index (κ2) is 6.73. The summed E-state index contributed by atoms with van der Waals surface area (Å²) in [4.78, 5) is 8.68. The van der Waals surface area contributed by atoms with Crippen LogP contribution in [0.25, 0.3) is 0 Å². The van der Waals surface area contributed by atoms with Gasteiger partial charge in [0.15, 0.2) is 0 Å². The lowest BCUT2D eigenvalue weighted by atomic mass is 10.2. The molecule has 2 aromatic rings. The number of benzene rings is 1. The molecule has 0 aliphatic heterocycles. The molecule has 1 aromatic heterocycles. The van der Waals surface area contributed by atoms with Crippen molar-refractivity contribution in [2.24, 2.45) is 0 Å². The fourth-order valence-corrected chi connectivity index (χ4v) is 1.91. The van der Waals surface area contributed by atoms with E-state index in [1.165, 1.54) is 0 Å². The van der Waals surface area contributed by atoms with Crippen LogP contribution in [0.3, 0.4) is 0 Å². The molecule has 0 fully saturated rings. The lowest BCUT2D eigenvalue weighted by Crippen LogP contribution is -2.08. The van der Waals surface area contributed by atoms with Crippen LogP contribution in [0, 0.1) is 0 Å². The van der Waals surface area contributed by atoms with Crippen LogP contribution in [-0.4, -0.2) is 16.5 Å². The SMILES string of the molecule is CCCNc1ncnc(Nc2ccccc2)c1CC. The Bertz CT molecular complexity index is 511. The predicted octanol–water partition coefficient (Wildman–Crippen LogP) is 3.60. The van der Waals surface area contributed by atoms with Crippen molar-refractivity contribution in [3.8, 4) is 0 Å². The maximum atomic E-state index is 4.35. The Morgan fingerprint density at radius 3 is 2.42 bits per heavy atom.